The summed E-state index contributed by atoms with van der Waals surface area (Å²) in [6.45, 7) is 4.98. The van der Waals surface area contributed by atoms with E-state index in [4.69, 9.17) is 0 Å². The van der Waals surface area contributed by atoms with Gasteiger partial charge in [0.25, 0.3) is 10.2 Å². The molecule has 1 aromatic carbocycles. The summed E-state index contributed by atoms with van der Waals surface area (Å²) in [5, 5.41) is 10.8. The minimum absolute atomic E-state index is 0.238. The minimum Gasteiger partial charge on any atom is -0.395 e. The van der Waals surface area contributed by atoms with E-state index < -0.39 is 16.3 Å². The highest BCUT2D eigenvalue weighted by atomic mass is 32.2. The summed E-state index contributed by atoms with van der Waals surface area (Å²) in [4.78, 5) is 3.19. The van der Waals surface area contributed by atoms with Crippen molar-refractivity contribution in [2.24, 2.45) is 11.8 Å². The standard InChI is InChI=1S/C18H27N3O3S/c1-13-7-14(2)11-21(10-13)25(23,24)20-16(12-22)8-15-9-19-18-6-4-3-5-17(15)18/h3-6,9,13-14,16,19-20,22H,7-8,10-12H2,1-2H3. The minimum atomic E-state index is -3.60. The molecular formula is C18H27N3O3S. The number of H-pyrrole nitrogens is 1. The van der Waals surface area contributed by atoms with Crippen LogP contribution in [0.3, 0.4) is 0 Å². The molecule has 1 fully saturated rings. The largest absolute Gasteiger partial charge is 0.395 e. The van der Waals surface area contributed by atoms with Crippen molar-refractivity contribution in [3.63, 3.8) is 0 Å². The first-order valence-corrected chi connectivity index (χ1v) is 10.3. The van der Waals surface area contributed by atoms with E-state index in [-0.39, 0.29) is 6.61 Å². The van der Waals surface area contributed by atoms with Crippen molar-refractivity contribution in [3.05, 3.63) is 36.0 Å². The second kappa shape index (κ2) is 7.45. The molecule has 0 amide bonds. The van der Waals surface area contributed by atoms with Gasteiger partial charge in [-0.2, -0.15) is 17.4 Å². The average molecular weight is 365 g/mol. The Morgan fingerprint density at radius 3 is 2.64 bits per heavy atom. The van der Waals surface area contributed by atoms with E-state index in [2.05, 4.69) is 23.6 Å². The van der Waals surface area contributed by atoms with E-state index in [9.17, 15) is 13.5 Å². The first kappa shape index (κ1) is 18.4. The molecule has 0 saturated carbocycles. The quantitative estimate of drug-likeness (QED) is 0.731. The molecule has 1 aromatic heterocycles. The number of rotatable bonds is 6. The number of benzene rings is 1. The molecule has 1 aliphatic rings. The number of aromatic amines is 1. The highest BCUT2D eigenvalue weighted by Gasteiger charge is 2.32. The van der Waals surface area contributed by atoms with E-state index in [1.165, 1.54) is 4.31 Å². The number of aliphatic hydroxyl groups excluding tert-OH is 1. The fourth-order valence-corrected chi connectivity index (χ4v) is 5.43. The molecule has 0 radical (unpaired) electrons. The van der Waals surface area contributed by atoms with Gasteiger partial charge in [0.2, 0.25) is 0 Å². The van der Waals surface area contributed by atoms with Crippen LogP contribution < -0.4 is 4.72 Å². The maximum absolute atomic E-state index is 12.7. The number of nitrogens with zero attached hydrogens (tertiary/aromatic N) is 1. The highest BCUT2D eigenvalue weighted by Crippen LogP contribution is 2.23. The third-order valence-electron chi connectivity index (χ3n) is 4.85. The molecule has 3 unspecified atom stereocenters. The Balaban J connectivity index is 1.73. The van der Waals surface area contributed by atoms with Crippen LogP contribution in [0.2, 0.25) is 0 Å². The second-order valence-corrected chi connectivity index (χ2v) is 9.03. The maximum atomic E-state index is 12.7. The first-order valence-electron chi connectivity index (χ1n) is 8.82. The summed E-state index contributed by atoms with van der Waals surface area (Å²) in [6, 6.07) is 7.34. The lowest BCUT2D eigenvalue weighted by atomic mass is 9.94. The molecule has 2 aromatic rings. The number of para-hydroxylation sites is 1. The summed E-state index contributed by atoms with van der Waals surface area (Å²) in [7, 11) is -3.60. The first-order chi connectivity index (χ1) is 11.9. The predicted molar refractivity (Wildman–Crippen MR) is 99.5 cm³/mol. The van der Waals surface area contributed by atoms with Crippen molar-refractivity contribution in [3.8, 4) is 0 Å². The van der Waals surface area contributed by atoms with Crippen LogP contribution in [-0.2, 0) is 16.6 Å². The number of hydrogen-bond acceptors (Lipinski definition) is 3. The summed E-state index contributed by atoms with van der Waals surface area (Å²) in [6.07, 6.45) is 3.37. The van der Waals surface area contributed by atoms with Crippen LogP contribution in [0.1, 0.15) is 25.8 Å². The number of hydrogen-bond donors (Lipinski definition) is 3. The molecule has 1 saturated heterocycles. The summed E-state index contributed by atoms with van der Waals surface area (Å²) >= 11 is 0. The fraction of sp³-hybridized carbons (Fsp3) is 0.556. The Labute approximate surface area is 149 Å². The molecule has 6 nitrogen and oxygen atoms in total. The molecule has 0 spiro atoms. The zero-order valence-corrected chi connectivity index (χ0v) is 15.6. The van der Waals surface area contributed by atoms with Crippen LogP contribution in [0.5, 0.6) is 0 Å². The molecule has 2 heterocycles. The zero-order chi connectivity index (χ0) is 18.0. The Morgan fingerprint density at radius 1 is 1.28 bits per heavy atom. The van der Waals surface area contributed by atoms with Gasteiger partial charge in [0.05, 0.1) is 12.6 Å². The Hall–Kier alpha value is -1.41. The van der Waals surface area contributed by atoms with Gasteiger partial charge in [-0.3, -0.25) is 0 Å². The Bertz CT molecular complexity index is 808. The molecular weight excluding hydrogens is 338 g/mol. The van der Waals surface area contributed by atoms with Crippen LogP contribution in [0.25, 0.3) is 10.9 Å². The lowest BCUT2D eigenvalue weighted by molar-refractivity contribution is 0.214. The summed E-state index contributed by atoms with van der Waals surface area (Å²) in [5.74, 6) is 0.697. The lowest BCUT2D eigenvalue weighted by Gasteiger charge is -2.34. The number of fused-ring (bicyclic) bond motifs is 1. The molecule has 0 bridgehead atoms. The van der Waals surface area contributed by atoms with Crippen molar-refractivity contribution < 1.29 is 13.5 Å². The normalized spacial score (nSPS) is 23.8. The molecule has 0 aliphatic carbocycles. The van der Waals surface area contributed by atoms with Gasteiger partial charge in [0.1, 0.15) is 0 Å². The molecule has 1 aliphatic heterocycles. The second-order valence-electron chi connectivity index (χ2n) is 7.33. The maximum Gasteiger partial charge on any atom is 0.279 e. The molecule has 3 rings (SSSR count). The van der Waals surface area contributed by atoms with Crippen LogP contribution in [0.4, 0.5) is 0 Å². The summed E-state index contributed by atoms with van der Waals surface area (Å²) in [5.41, 5.74) is 2.01. The smallest absolute Gasteiger partial charge is 0.279 e. The van der Waals surface area contributed by atoms with Crippen LogP contribution in [0.15, 0.2) is 30.5 Å². The molecule has 3 atom stereocenters. The Morgan fingerprint density at radius 2 is 1.96 bits per heavy atom. The number of aliphatic hydroxyl groups is 1. The number of aromatic nitrogens is 1. The fourth-order valence-electron chi connectivity index (χ4n) is 3.80. The van der Waals surface area contributed by atoms with Crippen molar-refractivity contribution in [1.82, 2.24) is 14.0 Å². The van der Waals surface area contributed by atoms with Gasteiger partial charge in [-0.25, -0.2) is 0 Å². The summed E-state index contributed by atoms with van der Waals surface area (Å²) < 4.78 is 29.7. The predicted octanol–water partition coefficient (Wildman–Crippen LogP) is 1.88. The van der Waals surface area contributed by atoms with Gasteiger partial charge >= 0.3 is 0 Å². The average Bonchev–Trinajstić information content (AvgIpc) is 2.96. The van der Waals surface area contributed by atoms with Crippen LogP contribution in [0, 0.1) is 11.8 Å². The van der Waals surface area contributed by atoms with Crippen molar-refractivity contribution in [1.29, 1.82) is 0 Å². The SMILES string of the molecule is CC1CC(C)CN(S(=O)(=O)NC(CO)Cc2c[nH]c3ccccc23)C1. The van der Waals surface area contributed by atoms with Crippen LogP contribution >= 0.6 is 0 Å². The third kappa shape index (κ3) is 4.23. The number of piperidine rings is 1. The molecule has 25 heavy (non-hydrogen) atoms. The van der Waals surface area contributed by atoms with E-state index in [1.54, 1.807) is 0 Å². The van der Waals surface area contributed by atoms with Gasteiger partial charge < -0.3 is 10.1 Å². The lowest BCUT2D eigenvalue weighted by Crippen LogP contribution is -2.51. The molecule has 138 valence electrons. The molecule has 7 heteroatoms. The topological polar surface area (TPSA) is 85.4 Å². The highest BCUT2D eigenvalue weighted by molar-refractivity contribution is 7.87. The van der Waals surface area contributed by atoms with Gasteiger partial charge in [-0.1, -0.05) is 32.0 Å². The van der Waals surface area contributed by atoms with Gasteiger partial charge in [0.15, 0.2) is 0 Å². The van der Waals surface area contributed by atoms with Gasteiger partial charge in [0, 0.05) is 30.2 Å². The van der Waals surface area contributed by atoms with E-state index in [0.717, 1.165) is 22.9 Å². The van der Waals surface area contributed by atoms with Crippen molar-refractivity contribution in [2.75, 3.05) is 19.7 Å². The monoisotopic (exact) mass is 365 g/mol. The van der Waals surface area contributed by atoms with Gasteiger partial charge in [-0.15, -0.1) is 0 Å². The Kier molecular flexibility index (Phi) is 5.48. The van der Waals surface area contributed by atoms with Crippen molar-refractivity contribution >= 4 is 21.1 Å². The van der Waals surface area contributed by atoms with Gasteiger partial charge in [-0.05, 0) is 36.3 Å². The van der Waals surface area contributed by atoms with E-state index in [0.29, 0.717) is 31.3 Å². The van der Waals surface area contributed by atoms with Crippen molar-refractivity contribution in [2.45, 2.75) is 32.7 Å². The third-order valence-corrected chi connectivity index (χ3v) is 6.46. The van der Waals surface area contributed by atoms with E-state index in [1.807, 2.05) is 30.5 Å². The van der Waals surface area contributed by atoms with E-state index >= 15 is 0 Å². The molecule has 3 N–H and O–H groups in total. The zero-order valence-electron chi connectivity index (χ0n) is 14.8. The van der Waals surface area contributed by atoms with Crippen LogP contribution in [-0.4, -0.2) is 48.6 Å². The number of nitrogens with one attached hydrogen (secondary N) is 2.